The lowest BCUT2D eigenvalue weighted by Crippen LogP contribution is -2.21. The van der Waals surface area contributed by atoms with E-state index in [-0.39, 0.29) is 11.3 Å². The third-order valence-electron chi connectivity index (χ3n) is 10.0. The normalized spacial score (nSPS) is 18.4. The van der Waals surface area contributed by atoms with Gasteiger partial charge in [0, 0.05) is 33.6 Å². The molecule has 1 aromatic heterocycles. The monoisotopic (exact) mass is 592 g/mol. The number of rotatable bonds is 4. The Kier molecular flexibility index (Phi) is 5.98. The van der Waals surface area contributed by atoms with E-state index in [1.54, 1.807) is 0 Å². The van der Waals surface area contributed by atoms with Crippen LogP contribution >= 0.6 is 0 Å². The molecule has 0 saturated heterocycles. The highest BCUT2D eigenvalue weighted by molar-refractivity contribution is 5.75. The molecule has 2 unspecified atom stereocenters. The van der Waals surface area contributed by atoms with Crippen LogP contribution in [0.3, 0.4) is 0 Å². The second-order valence-corrected chi connectivity index (χ2v) is 13.0. The molecule has 6 aromatic rings. The lowest BCUT2D eigenvalue weighted by molar-refractivity contribution is 0.410. The Morgan fingerprint density at radius 3 is 1.87 bits per heavy atom. The zero-order valence-electron chi connectivity index (χ0n) is 25.8. The molecule has 2 aliphatic carbocycles. The van der Waals surface area contributed by atoms with Crippen molar-refractivity contribution in [3.8, 4) is 50.8 Å². The van der Waals surface area contributed by atoms with Crippen molar-refractivity contribution in [1.29, 1.82) is 0 Å². The van der Waals surface area contributed by atoms with Crippen molar-refractivity contribution < 1.29 is 4.74 Å². The van der Waals surface area contributed by atoms with Gasteiger partial charge in [0.25, 0.3) is 0 Å². The molecule has 0 saturated carbocycles. The number of nitrogens with zero attached hydrogens (tertiary/aromatic N) is 2. The van der Waals surface area contributed by atoms with Crippen LogP contribution in [0, 0.1) is 0 Å². The fraction of sp³-hybridized carbons (Fsp3) is 0.116. The van der Waals surface area contributed by atoms with Gasteiger partial charge in [0.05, 0.1) is 17.3 Å². The summed E-state index contributed by atoms with van der Waals surface area (Å²) in [5, 5.41) is 0. The summed E-state index contributed by atoms with van der Waals surface area (Å²) in [6.45, 7) is 4.74. The number of ether oxygens (including phenoxy) is 1. The fourth-order valence-corrected chi connectivity index (χ4v) is 7.66. The molecule has 0 N–H and O–H groups in total. The fourth-order valence-electron chi connectivity index (χ4n) is 7.66. The molecule has 0 fully saturated rings. The molecule has 1 aliphatic heterocycles. The molecular weight excluding hydrogens is 560 g/mol. The zero-order valence-corrected chi connectivity index (χ0v) is 25.8. The SMILES string of the molecule is CC1(C)C2=CC=C3Oc4ccccc4C3C2c2ccc(-c3ccc(-c4cc(-c5ccccc5)nc(-c5ccccc5)n4)cc3)cc21. The summed E-state index contributed by atoms with van der Waals surface area (Å²) in [7, 11) is 0. The highest BCUT2D eigenvalue weighted by Crippen LogP contribution is 2.61. The standard InChI is InChI=1S/C43H32N2O/c1-43(2)34-23-24-39-41(33-15-9-10-16-38(33)46-39)40(34)32-22-21-31(25-35(32)43)27-17-19-29(20-18-27)37-26-36(28-11-5-3-6-12-28)44-42(45-37)30-13-7-4-8-14-30/h3-26,40-41H,1-2H3. The number of hydrogen-bond donors (Lipinski definition) is 0. The van der Waals surface area contributed by atoms with Crippen LogP contribution in [0.1, 0.15) is 42.4 Å². The molecule has 2 atom stereocenters. The van der Waals surface area contributed by atoms with Gasteiger partial charge in [0.15, 0.2) is 5.82 Å². The predicted molar refractivity (Wildman–Crippen MR) is 186 cm³/mol. The molecule has 9 rings (SSSR count). The van der Waals surface area contributed by atoms with Crippen molar-refractivity contribution in [3.05, 3.63) is 174 Å². The van der Waals surface area contributed by atoms with Crippen LogP contribution in [0.25, 0.3) is 45.0 Å². The number of benzene rings is 5. The summed E-state index contributed by atoms with van der Waals surface area (Å²) in [4.78, 5) is 9.97. The van der Waals surface area contributed by atoms with Crippen LogP contribution in [-0.2, 0) is 5.41 Å². The summed E-state index contributed by atoms with van der Waals surface area (Å²) in [5.41, 5.74) is 12.9. The first-order valence-electron chi connectivity index (χ1n) is 16.0. The maximum absolute atomic E-state index is 6.32. The van der Waals surface area contributed by atoms with Crippen LogP contribution < -0.4 is 4.74 Å². The average Bonchev–Trinajstić information content (AvgIpc) is 3.60. The van der Waals surface area contributed by atoms with Gasteiger partial charge in [-0.15, -0.1) is 0 Å². The van der Waals surface area contributed by atoms with Crippen LogP contribution in [0.2, 0.25) is 0 Å². The molecule has 46 heavy (non-hydrogen) atoms. The van der Waals surface area contributed by atoms with Gasteiger partial charge < -0.3 is 4.74 Å². The molecule has 3 heteroatoms. The molecule has 3 nitrogen and oxygen atoms in total. The number of allylic oxidation sites excluding steroid dienone is 4. The number of para-hydroxylation sites is 1. The summed E-state index contributed by atoms with van der Waals surface area (Å²) in [5.74, 6) is 3.31. The first kappa shape index (κ1) is 26.8. The molecular formula is C43H32N2O. The maximum Gasteiger partial charge on any atom is 0.160 e. The zero-order chi connectivity index (χ0) is 30.8. The van der Waals surface area contributed by atoms with Crippen molar-refractivity contribution in [2.24, 2.45) is 0 Å². The van der Waals surface area contributed by atoms with E-state index in [2.05, 4.69) is 123 Å². The van der Waals surface area contributed by atoms with E-state index >= 15 is 0 Å². The Bertz CT molecular complexity index is 2140. The van der Waals surface area contributed by atoms with E-state index in [0.29, 0.717) is 5.92 Å². The van der Waals surface area contributed by atoms with E-state index in [4.69, 9.17) is 14.7 Å². The van der Waals surface area contributed by atoms with Crippen molar-refractivity contribution in [2.75, 3.05) is 0 Å². The molecule has 0 radical (unpaired) electrons. The van der Waals surface area contributed by atoms with Crippen LogP contribution in [0.4, 0.5) is 0 Å². The summed E-state index contributed by atoms with van der Waals surface area (Å²) in [6.07, 6.45) is 4.51. The van der Waals surface area contributed by atoms with Crippen LogP contribution in [0.15, 0.2) is 157 Å². The third kappa shape index (κ3) is 4.19. The molecule has 3 aliphatic rings. The molecule has 0 amide bonds. The Morgan fingerprint density at radius 1 is 0.522 bits per heavy atom. The summed E-state index contributed by atoms with van der Waals surface area (Å²) in [6, 6.07) is 47.0. The van der Waals surface area contributed by atoms with Gasteiger partial charge in [0.1, 0.15) is 11.5 Å². The summed E-state index contributed by atoms with van der Waals surface area (Å²) < 4.78 is 6.32. The Balaban J connectivity index is 1.08. The van der Waals surface area contributed by atoms with Gasteiger partial charge in [0.2, 0.25) is 0 Å². The van der Waals surface area contributed by atoms with Crippen LogP contribution in [-0.4, -0.2) is 9.97 Å². The second-order valence-electron chi connectivity index (χ2n) is 13.0. The minimum absolute atomic E-state index is 0.0713. The molecule has 0 spiro atoms. The van der Waals surface area contributed by atoms with Gasteiger partial charge in [-0.3, -0.25) is 0 Å². The van der Waals surface area contributed by atoms with Gasteiger partial charge >= 0.3 is 0 Å². The summed E-state index contributed by atoms with van der Waals surface area (Å²) >= 11 is 0. The average molecular weight is 593 g/mol. The van der Waals surface area contributed by atoms with Gasteiger partial charge in [-0.25, -0.2) is 9.97 Å². The van der Waals surface area contributed by atoms with Crippen molar-refractivity contribution in [1.82, 2.24) is 9.97 Å². The van der Waals surface area contributed by atoms with Crippen molar-refractivity contribution in [2.45, 2.75) is 31.1 Å². The Labute approximate surface area is 269 Å². The maximum atomic E-state index is 6.32. The van der Waals surface area contributed by atoms with E-state index in [1.807, 2.05) is 36.4 Å². The highest BCUT2D eigenvalue weighted by Gasteiger charge is 2.50. The lowest BCUT2D eigenvalue weighted by Gasteiger charge is -2.30. The van der Waals surface area contributed by atoms with Gasteiger partial charge in [-0.1, -0.05) is 141 Å². The van der Waals surface area contributed by atoms with Crippen molar-refractivity contribution in [3.63, 3.8) is 0 Å². The van der Waals surface area contributed by atoms with E-state index in [0.717, 1.165) is 45.4 Å². The number of hydrogen-bond acceptors (Lipinski definition) is 3. The second kappa shape index (κ2) is 10.3. The quantitative estimate of drug-likeness (QED) is 0.204. The topological polar surface area (TPSA) is 35.0 Å². The molecule has 220 valence electrons. The Morgan fingerprint density at radius 2 is 1.13 bits per heavy atom. The first-order valence-corrected chi connectivity index (χ1v) is 16.0. The predicted octanol–water partition coefficient (Wildman–Crippen LogP) is 10.5. The van der Waals surface area contributed by atoms with E-state index in [1.165, 1.54) is 33.4 Å². The molecule has 5 aromatic carbocycles. The first-order chi connectivity index (χ1) is 22.5. The van der Waals surface area contributed by atoms with Gasteiger partial charge in [-0.05, 0) is 46.5 Å². The molecule has 2 heterocycles. The smallest absolute Gasteiger partial charge is 0.160 e. The third-order valence-corrected chi connectivity index (χ3v) is 10.0. The minimum Gasteiger partial charge on any atom is -0.461 e. The molecule has 0 bridgehead atoms. The highest BCUT2D eigenvalue weighted by atomic mass is 16.5. The number of fused-ring (bicyclic) bond motifs is 7. The minimum atomic E-state index is -0.0713. The van der Waals surface area contributed by atoms with Crippen molar-refractivity contribution >= 4 is 0 Å². The Hall–Kier alpha value is -5.54. The number of aromatic nitrogens is 2. The van der Waals surface area contributed by atoms with E-state index < -0.39 is 0 Å². The van der Waals surface area contributed by atoms with E-state index in [9.17, 15) is 0 Å². The lowest BCUT2D eigenvalue weighted by atomic mass is 9.73. The largest absolute Gasteiger partial charge is 0.461 e. The van der Waals surface area contributed by atoms with Crippen LogP contribution in [0.5, 0.6) is 5.75 Å². The van der Waals surface area contributed by atoms with Gasteiger partial charge in [-0.2, -0.15) is 0 Å².